The lowest BCUT2D eigenvalue weighted by atomic mass is 10.0. The molecule has 0 bridgehead atoms. The molecule has 5 heteroatoms. The number of nitrogens with zero attached hydrogens (tertiary/aromatic N) is 1. The minimum absolute atomic E-state index is 0.0240. The zero-order valence-electron chi connectivity index (χ0n) is 14.7. The van der Waals surface area contributed by atoms with Crippen LogP contribution in [0.1, 0.15) is 36.5 Å². The van der Waals surface area contributed by atoms with E-state index in [2.05, 4.69) is 29.1 Å². The third-order valence-electron chi connectivity index (χ3n) is 5.24. The summed E-state index contributed by atoms with van der Waals surface area (Å²) in [5, 5.41) is 4.26. The molecule has 1 amide bonds. The molecule has 1 N–H and O–H groups in total. The number of aromatic nitrogens is 1. The van der Waals surface area contributed by atoms with E-state index >= 15 is 0 Å². The van der Waals surface area contributed by atoms with Crippen molar-refractivity contribution in [3.8, 4) is 0 Å². The van der Waals surface area contributed by atoms with Gasteiger partial charge in [-0.3, -0.25) is 4.79 Å². The molecule has 4 rings (SSSR count). The number of nitrogens with one attached hydrogen (secondary N) is 1. The summed E-state index contributed by atoms with van der Waals surface area (Å²) in [4.78, 5) is 12.7. The molecule has 0 unspecified atom stereocenters. The molecule has 5 nitrogen and oxygen atoms in total. The summed E-state index contributed by atoms with van der Waals surface area (Å²) >= 11 is 0. The van der Waals surface area contributed by atoms with Crippen LogP contribution in [-0.2, 0) is 16.0 Å². The smallest absolute Gasteiger partial charge is 0.251 e. The highest BCUT2D eigenvalue weighted by Gasteiger charge is 2.31. The molecule has 1 aliphatic heterocycles. The van der Waals surface area contributed by atoms with Gasteiger partial charge in [-0.05, 0) is 56.4 Å². The minimum Gasteiger partial charge on any atom is -0.379 e. The van der Waals surface area contributed by atoms with E-state index in [9.17, 15) is 4.79 Å². The molecule has 1 saturated heterocycles. The van der Waals surface area contributed by atoms with Crippen LogP contribution in [0.4, 0.5) is 0 Å². The Morgan fingerprint density at radius 2 is 2.20 bits per heavy atom. The normalized spacial score (nSPS) is 23.7. The Labute approximate surface area is 148 Å². The number of amides is 1. The number of benzene rings is 1. The highest BCUT2D eigenvalue weighted by molar-refractivity contribution is 5.98. The molecule has 0 spiro atoms. The van der Waals surface area contributed by atoms with Gasteiger partial charge in [-0.25, -0.2) is 0 Å². The Bertz CT molecular complexity index is 750. The summed E-state index contributed by atoms with van der Waals surface area (Å²) in [5.41, 5.74) is 1.87. The predicted octanol–water partition coefficient (Wildman–Crippen LogP) is 2.98. The Morgan fingerprint density at radius 1 is 1.32 bits per heavy atom. The molecular weight excluding hydrogens is 316 g/mol. The number of aryl methyl sites for hydroxylation is 1. The minimum atomic E-state index is -0.0387. The van der Waals surface area contributed by atoms with Gasteiger partial charge in [-0.15, -0.1) is 0 Å². The molecule has 2 aliphatic rings. The second-order valence-corrected chi connectivity index (χ2v) is 7.13. The van der Waals surface area contributed by atoms with Crippen LogP contribution in [0.15, 0.2) is 30.5 Å². The maximum Gasteiger partial charge on any atom is 0.251 e. The van der Waals surface area contributed by atoms with Gasteiger partial charge in [0.15, 0.2) is 0 Å². The monoisotopic (exact) mass is 342 g/mol. The number of carbonyl (C=O) groups is 1. The Kier molecular flexibility index (Phi) is 4.77. The molecule has 1 saturated carbocycles. The molecule has 134 valence electrons. The average Bonchev–Trinajstić information content (AvgIpc) is 3.38. The second kappa shape index (κ2) is 7.18. The van der Waals surface area contributed by atoms with Crippen molar-refractivity contribution in [2.24, 2.45) is 5.92 Å². The molecule has 2 fully saturated rings. The van der Waals surface area contributed by atoms with Crippen LogP contribution in [0, 0.1) is 5.92 Å². The van der Waals surface area contributed by atoms with Gasteiger partial charge in [-0.2, -0.15) is 0 Å². The zero-order chi connectivity index (χ0) is 17.2. The molecule has 1 aliphatic carbocycles. The van der Waals surface area contributed by atoms with E-state index in [-0.39, 0.29) is 18.1 Å². The molecular formula is C20H26N2O3. The van der Waals surface area contributed by atoms with Gasteiger partial charge < -0.3 is 19.4 Å². The van der Waals surface area contributed by atoms with Crippen molar-refractivity contribution in [2.75, 3.05) is 19.8 Å². The number of carbonyl (C=O) groups excluding carboxylic acids is 1. The summed E-state index contributed by atoms with van der Waals surface area (Å²) in [6, 6.07) is 7.99. The van der Waals surface area contributed by atoms with Crippen LogP contribution in [0.5, 0.6) is 0 Å². The summed E-state index contributed by atoms with van der Waals surface area (Å²) in [5.74, 6) is 0.682. The topological polar surface area (TPSA) is 52.5 Å². The molecule has 2 atom stereocenters. The van der Waals surface area contributed by atoms with E-state index in [1.807, 2.05) is 18.2 Å². The maximum atomic E-state index is 12.7. The fourth-order valence-electron chi connectivity index (χ4n) is 3.45. The summed E-state index contributed by atoms with van der Waals surface area (Å²) < 4.78 is 13.7. The Balaban J connectivity index is 1.44. The summed E-state index contributed by atoms with van der Waals surface area (Å²) in [6.45, 7) is 5.07. The first-order valence-electron chi connectivity index (χ1n) is 9.33. The average molecular weight is 342 g/mol. The van der Waals surface area contributed by atoms with Gasteiger partial charge in [0, 0.05) is 42.4 Å². The van der Waals surface area contributed by atoms with Crippen LogP contribution >= 0.6 is 0 Å². The molecule has 1 aromatic heterocycles. The van der Waals surface area contributed by atoms with Gasteiger partial charge >= 0.3 is 0 Å². The fourth-order valence-corrected chi connectivity index (χ4v) is 3.45. The molecule has 2 heterocycles. The first-order chi connectivity index (χ1) is 12.2. The number of hydrogen-bond acceptors (Lipinski definition) is 3. The lowest BCUT2D eigenvalue weighted by Crippen LogP contribution is -2.50. The SMILES string of the molecule is CCn1ccc2cc(C(=O)N[C@@H]3CCOC[C@H]3OCC3CC3)ccc21. The number of hydrogen-bond donors (Lipinski definition) is 1. The van der Waals surface area contributed by atoms with Gasteiger partial charge in [0.05, 0.1) is 12.6 Å². The number of fused-ring (bicyclic) bond motifs is 1. The maximum absolute atomic E-state index is 12.7. The largest absolute Gasteiger partial charge is 0.379 e. The Morgan fingerprint density at radius 3 is 3.00 bits per heavy atom. The standard InChI is InChI=1S/C20H26N2O3/c1-2-22-9-7-15-11-16(5-6-18(15)22)20(23)21-17-8-10-24-13-19(17)25-12-14-3-4-14/h5-7,9,11,14,17,19H,2-4,8,10,12-13H2,1H3,(H,21,23)/t17-,19-/m1/s1. The van der Waals surface area contributed by atoms with E-state index in [0.29, 0.717) is 24.7 Å². The van der Waals surface area contributed by atoms with Crippen molar-refractivity contribution in [3.63, 3.8) is 0 Å². The van der Waals surface area contributed by atoms with Crippen molar-refractivity contribution in [1.82, 2.24) is 9.88 Å². The Hall–Kier alpha value is -1.85. The third-order valence-corrected chi connectivity index (χ3v) is 5.24. The number of rotatable bonds is 6. The fraction of sp³-hybridized carbons (Fsp3) is 0.550. The van der Waals surface area contributed by atoms with E-state index < -0.39 is 0 Å². The van der Waals surface area contributed by atoms with Crippen molar-refractivity contribution in [1.29, 1.82) is 0 Å². The van der Waals surface area contributed by atoms with E-state index in [1.165, 1.54) is 12.8 Å². The van der Waals surface area contributed by atoms with Crippen molar-refractivity contribution in [3.05, 3.63) is 36.0 Å². The quantitative estimate of drug-likeness (QED) is 0.878. The van der Waals surface area contributed by atoms with E-state index in [0.717, 1.165) is 30.5 Å². The van der Waals surface area contributed by atoms with Crippen LogP contribution in [0.2, 0.25) is 0 Å². The second-order valence-electron chi connectivity index (χ2n) is 7.13. The lowest BCUT2D eigenvalue weighted by Gasteiger charge is -2.32. The van der Waals surface area contributed by atoms with Crippen molar-refractivity contribution >= 4 is 16.8 Å². The molecule has 25 heavy (non-hydrogen) atoms. The van der Waals surface area contributed by atoms with Crippen LogP contribution < -0.4 is 5.32 Å². The van der Waals surface area contributed by atoms with E-state index in [4.69, 9.17) is 9.47 Å². The number of ether oxygens (including phenoxy) is 2. The lowest BCUT2D eigenvalue weighted by molar-refractivity contribution is -0.0697. The molecule has 0 radical (unpaired) electrons. The van der Waals surface area contributed by atoms with Crippen molar-refractivity contribution < 1.29 is 14.3 Å². The summed E-state index contributed by atoms with van der Waals surface area (Å²) in [6.07, 6.45) is 5.36. The third kappa shape index (κ3) is 3.72. The van der Waals surface area contributed by atoms with Gasteiger partial charge in [0.25, 0.3) is 5.91 Å². The van der Waals surface area contributed by atoms with Crippen LogP contribution in [-0.4, -0.2) is 42.4 Å². The molecule has 2 aromatic rings. The summed E-state index contributed by atoms with van der Waals surface area (Å²) in [7, 11) is 0. The van der Waals surface area contributed by atoms with Gasteiger partial charge in [0.1, 0.15) is 6.10 Å². The van der Waals surface area contributed by atoms with Crippen molar-refractivity contribution in [2.45, 2.75) is 44.9 Å². The first-order valence-corrected chi connectivity index (χ1v) is 9.33. The van der Waals surface area contributed by atoms with Gasteiger partial charge in [-0.1, -0.05) is 0 Å². The van der Waals surface area contributed by atoms with E-state index in [1.54, 1.807) is 0 Å². The molecule has 1 aromatic carbocycles. The first kappa shape index (κ1) is 16.6. The predicted molar refractivity (Wildman–Crippen MR) is 96.8 cm³/mol. The highest BCUT2D eigenvalue weighted by atomic mass is 16.5. The van der Waals surface area contributed by atoms with Crippen LogP contribution in [0.3, 0.4) is 0 Å². The zero-order valence-corrected chi connectivity index (χ0v) is 14.7. The highest BCUT2D eigenvalue weighted by Crippen LogP contribution is 2.30. The van der Waals surface area contributed by atoms with Gasteiger partial charge in [0.2, 0.25) is 0 Å². The van der Waals surface area contributed by atoms with Crippen LogP contribution in [0.25, 0.3) is 10.9 Å².